The number of carbonyl (C=O) groups excluding carboxylic acids is 1. The highest BCUT2D eigenvalue weighted by atomic mass is 16.1. The van der Waals surface area contributed by atoms with E-state index >= 15 is 0 Å². The fraction of sp³-hybridized carbons (Fsp3) is 0.353. The highest BCUT2D eigenvalue weighted by Gasteiger charge is 2.09. The van der Waals surface area contributed by atoms with E-state index in [-0.39, 0.29) is 5.91 Å². The van der Waals surface area contributed by atoms with Crippen LogP contribution in [0.2, 0.25) is 0 Å². The standard InChI is InChI=1S/C17H23N3O/c1-12-9-15(13(2)20(12)4)11-19-16-8-6-5-7-14(16)10-17(21)18-3/h5-9,19H,10-11H2,1-4H3,(H,18,21). The molecular weight excluding hydrogens is 262 g/mol. The fourth-order valence-electron chi connectivity index (χ4n) is 2.41. The molecule has 0 unspecified atom stereocenters. The van der Waals surface area contributed by atoms with E-state index in [0.717, 1.165) is 17.8 Å². The van der Waals surface area contributed by atoms with Gasteiger partial charge in [0, 0.05) is 37.7 Å². The van der Waals surface area contributed by atoms with Gasteiger partial charge in [-0.15, -0.1) is 0 Å². The van der Waals surface area contributed by atoms with Crippen LogP contribution in [-0.2, 0) is 24.8 Å². The van der Waals surface area contributed by atoms with E-state index in [1.54, 1.807) is 7.05 Å². The summed E-state index contributed by atoms with van der Waals surface area (Å²) < 4.78 is 2.19. The molecular formula is C17H23N3O. The molecule has 1 heterocycles. The third-order valence-corrected chi connectivity index (χ3v) is 4.00. The predicted molar refractivity (Wildman–Crippen MR) is 86.4 cm³/mol. The maximum Gasteiger partial charge on any atom is 0.224 e. The molecule has 1 aromatic carbocycles. The van der Waals surface area contributed by atoms with Crippen LogP contribution in [0.15, 0.2) is 30.3 Å². The number of likely N-dealkylation sites (N-methyl/N-ethyl adjacent to an activating group) is 1. The summed E-state index contributed by atoms with van der Waals surface area (Å²) in [7, 11) is 3.74. The van der Waals surface area contributed by atoms with Crippen LogP contribution in [0.3, 0.4) is 0 Å². The number of aryl methyl sites for hydroxylation is 1. The monoisotopic (exact) mass is 285 g/mol. The van der Waals surface area contributed by atoms with Gasteiger partial charge >= 0.3 is 0 Å². The van der Waals surface area contributed by atoms with Crippen LogP contribution >= 0.6 is 0 Å². The van der Waals surface area contributed by atoms with E-state index < -0.39 is 0 Å². The first-order valence-electron chi connectivity index (χ1n) is 7.17. The molecule has 0 aliphatic rings. The summed E-state index contributed by atoms with van der Waals surface area (Å²) in [5.74, 6) is 0.0241. The molecule has 0 aliphatic heterocycles. The van der Waals surface area contributed by atoms with Crippen molar-refractivity contribution in [3.63, 3.8) is 0 Å². The second kappa shape index (κ2) is 6.48. The molecule has 21 heavy (non-hydrogen) atoms. The number of hydrogen-bond acceptors (Lipinski definition) is 2. The van der Waals surface area contributed by atoms with Crippen molar-refractivity contribution in [1.82, 2.24) is 9.88 Å². The topological polar surface area (TPSA) is 46.1 Å². The highest BCUT2D eigenvalue weighted by molar-refractivity contribution is 5.80. The number of aromatic nitrogens is 1. The number of anilines is 1. The second-order valence-electron chi connectivity index (χ2n) is 5.32. The van der Waals surface area contributed by atoms with E-state index in [9.17, 15) is 4.79 Å². The maximum absolute atomic E-state index is 11.6. The van der Waals surface area contributed by atoms with Crippen LogP contribution in [0.4, 0.5) is 5.69 Å². The van der Waals surface area contributed by atoms with Gasteiger partial charge in [-0.05, 0) is 37.1 Å². The summed E-state index contributed by atoms with van der Waals surface area (Å²) in [5.41, 5.74) is 5.83. The Hall–Kier alpha value is -2.23. The molecule has 0 saturated heterocycles. The minimum atomic E-state index is 0.0241. The zero-order valence-electron chi connectivity index (χ0n) is 13.2. The molecule has 1 amide bonds. The minimum Gasteiger partial charge on any atom is -0.381 e. The summed E-state index contributed by atoms with van der Waals surface area (Å²) in [6.07, 6.45) is 0.395. The third kappa shape index (κ3) is 3.45. The van der Waals surface area contributed by atoms with Crippen molar-refractivity contribution in [2.24, 2.45) is 7.05 Å². The zero-order chi connectivity index (χ0) is 15.4. The minimum absolute atomic E-state index is 0.0241. The van der Waals surface area contributed by atoms with Crippen molar-refractivity contribution < 1.29 is 4.79 Å². The van der Waals surface area contributed by atoms with Gasteiger partial charge in [-0.1, -0.05) is 18.2 Å². The molecule has 4 heteroatoms. The van der Waals surface area contributed by atoms with E-state index in [1.807, 2.05) is 24.3 Å². The average molecular weight is 285 g/mol. The van der Waals surface area contributed by atoms with Gasteiger partial charge in [-0.2, -0.15) is 0 Å². The molecule has 0 spiro atoms. The van der Waals surface area contributed by atoms with E-state index in [2.05, 4.69) is 42.2 Å². The molecule has 0 atom stereocenters. The summed E-state index contributed by atoms with van der Waals surface area (Å²) >= 11 is 0. The lowest BCUT2D eigenvalue weighted by atomic mass is 10.1. The zero-order valence-corrected chi connectivity index (χ0v) is 13.2. The molecule has 2 rings (SSSR count). The van der Waals surface area contributed by atoms with Gasteiger partial charge < -0.3 is 15.2 Å². The lowest BCUT2D eigenvalue weighted by Crippen LogP contribution is -2.20. The van der Waals surface area contributed by atoms with Gasteiger partial charge in [0.1, 0.15) is 0 Å². The molecule has 2 aromatic rings. The number of amides is 1. The van der Waals surface area contributed by atoms with Crippen LogP contribution < -0.4 is 10.6 Å². The van der Waals surface area contributed by atoms with E-state index in [4.69, 9.17) is 0 Å². The Morgan fingerprint density at radius 2 is 1.90 bits per heavy atom. The molecule has 0 saturated carbocycles. The lowest BCUT2D eigenvalue weighted by Gasteiger charge is -2.12. The number of carbonyl (C=O) groups is 1. The molecule has 0 aliphatic carbocycles. The normalized spacial score (nSPS) is 10.5. The Bertz CT molecular complexity index is 643. The molecule has 0 bridgehead atoms. The summed E-state index contributed by atoms with van der Waals surface area (Å²) in [6, 6.07) is 10.1. The Balaban J connectivity index is 2.13. The van der Waals surface area contributed by atoms with Crippen LogP contribution in [0.1, 0.15) is 22.5 Å². The largest absolute Gasteiger partial charge is 0.381 e. The van der Waals surface area contributed by atoms with Crippen molar-refractivity contribution >= 4 is 11.6 Å². The van der Waals surface area contributed by atoms with Gasteiger partial charge in [-0.25, -0.2) is 0 Å². The van der Waals surface area contributed by atoms with Crippen molar-refractivity contribution in [3.8, 4) is 0 Å². The SMILES string of the molecule is CNC(=O)Cc1ccccc1NCc1cc(C)n(C)c1C. The summed E-state index contributed by atoms with van der Waals surface area (Å²) in [6.45, 7) is 4.99. The van der Waals surface area contributed by atoms with E-state index in [0.29, 0.717) is 6.42 Å². The first kappa shape index (κ1) is 15.2. The van der Waals surface area contributed by atoms with Gasteiger partial charge in [-0.3, -0.25) is 4.79 Å². The van der Waals surface area contributed by atoms with Gasteiger partial charge in [0.25, 0.3) is 0 Å². The molecule has 1 aromatic heterocycles. The van der Waals surface area contributed by atoms with Crippen molar-refractivity contribution in [2.45, 2.75) is 26.8 Å². The Morgan fingerprint density at radius 3 is 2.52 bits per heavy atom. The quantitative estimate of drug-likeness (QED) is 0.887. The van der Waals surface area contributed by atoms with Crippen LogP contribution in [-0.4, -0.2) is 17.5 Å². The van der Waals surface area contributed by atoms with Gasteiger partial charge in [0.2, 0.25) is 5.91 Å². The maximum atomic E-state index is 11.6. The van der Waals surface area contributed by atoms with Crippen molar-refractivity contribution in [3.05, 3.63) is 52.8 Å². The summed E-state index contributed by atoms with van der Waals surface area (Å²) in [4.78, 5) is 11.6. The number of nitrogens with one attached hydrogen (secondary N) is 2. The fourth-order valence-corrected chi connectivity index (χ4v) is 2.41. The average Bonchev–Trinajstić information content (AvgIpc) is 2.73. The van der Waals surface area contributed by atoms with Crippen LogP contribution in [0, 0.1) is 13.8 Å². The van der Waals surface area contributed by atoms with E-state index in [1.165, 1.54) is 17.0 Å². The Labute approximate surface area is 126 Å². The third-order valence-electron chi connectivity index (χ3n) is 4.00. The lowest BCUT2D eigenvalue weighted by molar-refractivity contribution is -0.119. The number of rotatable bonds is 5. The number of hydrogen-bond donors (Lipinski definition) is 2. The predicted octanol–water partition coefficient (Wildman–Crippen LogP) is 2.54. The molecule has 4 nitrogen and oxygen atoms in total. The Morgan fingerprint density at radius 1 is 1.19 bits per heavy atom. The Kier molecular flexibility index (Phi) is 4.68. The molecule has 0 fully saturated rings. The highest BCUT2D eigenvalue weighted by Crippen LogP contribution is 2.19. The van der Waals surface area contributed by atoms with Crippen molar-refractivity contribution in [1.29, 1.82) is 0 Å². The number of benzene rings is 1. The number of nitrogens with zero attached hydrogens (tertiary/aromatic N) is 1. The molecule has 0 radical (unpaired) electrons. The second-order valence-corrected chi connectivity index (χ2v) is 5.32. The molecule has 2 N–H and O–H groups in total. The smallest absolute Gasteiger partial charge is 0.224 e. The van der Waals surface area contributed by atoms with Gasteiger partial charge in [0.05, 0.1) is 6.42 Å². The first-order valence-corrected chi connectivity index (χ1v) is 7.17. The van der Waals surface area contributed by atoms with Crippen molar-refractivity contribution in [2.75, 3.05) is 12.4 Å². The van der Waals surface area contributed by atoms with Crippen LogP contribution in [0.25, 0.3) is 0 Å². The number of para-hydroxylation sites is 1. The van der Waals surface area contributed by atoms with Gasteiger partial charge in [0.15, 0.2) is 0 Å². The molecule has 112 valence electrons. The van der Waals surface area contributed by atoms with Crippen LogP contribution in [0.5, 0.6) is 0 Å². The summed E-state index contributed by atoms with van der Waals surface area (Å²) in [5, 5.41) is 6.11. The first-order chi connectivity index (χ1) is 10.0.